The first-order valence-electron chi connectivity index (χ1n) is 14.7. The zero-order chi connectivity index (χ0) is 33.8. The number of hydrogen-bond acceptors (Lipinski definition) is 9. The van der Waals surface area contributed by atoms with Gasteiger partial charge in [-0.1, -0.05) is 12.1 Å². The number of carbonyl (C=O) groups excluding carboxylic acids is 3. The highest BCUT2D eigenvalue weighted by atomic mass is 32.2. The van der Waals surface area contributed by atoms with Crippen molar-refractivity contribution in [3.63, 3.8) is 0 Å². The first-order chi connectivity index (χ1) is 21.8. The number of likely N-dealkylation sites (tertiary alicyclic amines) is 1. The van der Waals surface area contributed by atoms with Crippen molar-refractivity contribution in [3.05, 3.63) is 76.9 Å². The van der Waals surface area contributed by atoms with Gasteiger partial charge in [0, 0.05) is 23.5 Å². The van der Waals surface area contributed by atoms with Crippen LogP contribution in [0.5, 0.6) is 11.5 Å². The standard InChI is InChI=1S/C33H40N4O8S/c1-19(2)46(41,42)29-14-12-23(35-33(40)45-6)18-24(29)26-8-7-15-37(26)32(39)30(21-11-13-27(43-4)28(17-21)44-5)36-25-16-22(31(34)38)10-9-20(25)3/h9-14,16-19,26,30,36H,7-8,15H2,1-6H3,(H2,34,38)(H,35,40)/t26-,30-/m1/s1. The van der Waals surface area contributed by atoms with Gasteiger partial charge in [-0.25, -0.2) is 13.2 Å². The maximum Gasteiger partial charge on any atom is 0.411 e. The number of nitrogens with two attached hydrogens (primary N) is 1. The molecular formula is C33H40N4O8S. The van der Waals surface area contributed by atoms with Crippen LogP contribution in [0.1, 0.15) is 65.8 Å². The van der Waals surface area contributed by atoms with Gasteiger partial charge in [-0.3, -0.25) is 14.9 Å². The summed E-state index contributed by atoms with van der Waals surface area (Å²) in [5.74, 6) is -0.0669. The van der Waals surface area contributed by atoms with Gasteiger partial charge >= 0.3 is 6.09 Å². The molecular weight excluding hydrogens is 612 g/mol. The van der Waals surface area contributed by atoms with Crippen molar-refractivity contribution in [1.29, 1.82) is 0 Å². The number of hydrogen-bond donors (Lipinski definition) is 3. The largest absolute Gasteiger partial charge is 0.493 e. The number of primary amides is 1. The molecule has 246 valence electrons. The Kier molecular flexibility index (Phi) is 10.5. The van der Waals surface area contributed by atoms with E-state index < -0.39 is 39.2 Å². The summed E-state index contributed by atoms with van der Waals surface area (Å²) < 4.78 is 42.7. The Morgan fingerprint density at radius 2 is 1.67 bits per heavy atom. The van der Waals surface area contributed by atoms with Gasteiger partial charge in [0.25, 0.3) is 0 Å². The fourth-order valence-electron chi connectivity index (χ4n) is 5.49. The molecule has 4 rings (SSSR count). The molecule has 0 aliphatic carbocycles. The maximum absolute atomic E-state index is 14.7. The molecule has 1 heterocycles. The minimum Gasteiger partial charge on any atom is -0.493 e. The predicted molar refractivity (Wildman–Crippen MR) is 174 cm³/mol. The zero-order valence-corrected chi connectivity index (χ0v) is 27.6. The molecule has 1 saturated heterocycles. The Bertz CT molecular complexity index is 1740. The Labute approximate surface area is 269 Å². The number of rotatable bonds is 11. The second-order valence-electron chi connectivity index (χ2n) is 11.2. The number of benzene rings is 3. The van der Waals surface area contributed by atoms with Gasteiger partial charge in [-0.2, -0.15) is 0 Å². The molecule has 13 heteroatoms. The van der Waals surface area contributed by atoms with Crippen LogP contribution in [0.2, 0.25) is 0 Å². The van der Waals surface area contributed by atoms with Gasteiger partial charge in [0.2, 0.25) is 11.8 Å². The summed E-state index contributed by atoms with van der Waals surface area (Å²) in [5.41, 5.74) is 8.39. The molecule has 0 spiro atoms. The van der Waals surface area contributed by atoms with Crippen LogP contribution in [0.4, 0.5) is 16.2 Å². The number of ether oxygens (including phenoxy) is 3. The van der Waals surface area contributed by atoms with Crippen molar-refractivity contribution in [2.75, 3.05) is 38.5 Å². The molecule has 12 nitrogen and oxygen atoms in total. The van der Waals surface area contributed by atoms with E-state index in [-0.39, 0.29) is 16.4 Å². The Balaban J connectivity index is 1.85. The molecule has 0 radical (unpaired) electrons. The highest BCUT2D eigenvalue weighted by Crippen LogP contribution is 2.41. The number of carbonyl (C=O) groups is 3. The quantitative estimate of drug-likeness (QED) is 0.259. The Hall–Kier alpha value is -4.78. The average Bonchev–Trinajstić information content (AvgIpc) is 3.53. The second-order valence-corrected chi connectivity index (χ2v) is 13.7. The SMILES string of the molecule is COC(=O)Nc1ccc(S(=O)(=O)C(C)C)c([C@H]2CCCN2C(=O)[C@H](Nc2cc(C(N)=O)ccc2C)c2ccc(OC)c(OC)c2)c1. The highest BCUT2D eigenvalue weighted by Gasteiger charge is 2.38. The number of nitrogens with zero attached hydrogens (tertiary/aromatic N) is 1. The van der Waals surface area contributed by atoms with Gasteiger partial charge in [0.15, 0.2) is 21.3 Å². The number of aryl methyl sites for hydroxylation is 1. The zero-order valence-electron chi connectivity index (χ0n) is 26.7. The van der Waals surface area contributed by atoms with Crippen LogP contribution in [-0.2, 0) is 19.4 Å². The Morgan fingerprint density at radius 1 is 0.957 bits per heavy atom. The fraction of sp³-hybridized carbons (Fsp3) is 0.364. The van der Waals surface area contributed by atoms with Crippen molar-refractivity contribution in [1.82, 2.24) is 4.90 Å². The van der Waals surface area contributed by atoms with E-state index in [4.69, 9.17) is 19.9 Å². The molecule has 1 fully saturated rings. The molecule has 0 aromatic heterocycles. The minimum atomic E-state index is -3.77. The van der Waals surface area contributed by atoms with E-state index >= 15 is 0 Å². The molecule has 3 amide bonds. The molecule has 2 atom stereocenters. The van der Waals surface area contributed by atoms with Crippen LogP contribution in [0.15, 0.2) is 59.5 Å². The highest BCUT2D eigenvalue weighted by molar-refractivity contribution is 7.92. The smallest absolute Gasteiger partial charge is 0.411 e. The van der Waals surface area contributed by atoms with E-state index in [9.17, 15) is 22.8 Å². The van der Waals surface area contributed by atoms with Crippen LogP contribution in [0, 0.1) is 6.92 Å². The van der Waals surface area contributed by atoms with Crippen LogP contribution >= 0.6 is 0 Å². The molecule has 1 aliphatic heterocycles. The summed E-state index contributed by atoms with van der Waals surface area (Å²) >= 11 is 0. The second kappa shape index (κ2) is 14.1. The summed E-state index contributed by atoms with van der Waals surface area (Å²) in [6, 6.07) is 13.0. The van der Waals surface area contributed by atoms with E-state index in [0.29, 0.717) is 53.4 Å². The molecule has 3 aromatic carbocycles. The third-order valence-electron chi connectivity index (χ3n) is 8.07. The minimum absolute atomic E-state index is 0.0863. The molecule has 0 unspecified atom stereocenters. The lowest BCUT2D eigenvalue weighted by Gasteiger charge is -2.32. The van der Waals surface area contributed by atoms with E-state index in [1.165, 1.54) is 33.5 Å². The summed E-state index contributed by atoms with van der Waals surface area (Å²) in [6.07, 6.45) is 0.389. The monoisotopic (exact) mass is 652 g/mol. The van der Waals surface area contributed by atoms with Crippen molar-refractivity contribution in [2.45, 2.75) is 55.8 Å². The number of anilines is 2. The van der Waals surface area contributed by atoms with Crippen LogP contribution < -0.4 is 25.8 Å². The van der Waals surface area contributed by atoms with Gasteiger partial charge in [-0.05, 0) is 92.8 Å². The summed E-state index contributed by atoms with van der Waals surface area (Å²) in [6.45, 7) is 5.38. The van der Waals surface area contributed by atoms with E-state index in [1.54, 1.807) is 61.2 Å². The number of nitrogens with one attached hydrogen (secondary N) is 2. The van der Waals surface area contributed by atoms with Crippen molar-refractivity contribution >= 4 is 39.1 Å². The number of amides is 3. The third kappa shape index (κ3) is 7.04. The van der Waals surface area contributed by atoms with E-state index in [1.807, 2.05) is 6.92 Å². The first kappa shape index (κ1) is 34.1. The fourth-order valence-corrected chi connectivity index (χ4v) is 6.78. The lowest BCUT2D eigenvalue weighted by molar-refractivity contribution is -0.133. The van der Waals surface area contributed by atoms with Crippen molar-refractivity contribution in [2.24, 2.45) is 5.73 Å². The van der Waals surface area contributed by atoms with Gasteiger partial charge < -0.3 is 30.2 Å². The normalized spacial score (nSPS) is 15.3. The molecule has 1 aliphatic rings. The van der Waals surface area contributed by atoms with Crippen LogP contribution in [0.3, 0.4) is 0 Å². The van der Waals surface area contributed by atoms with Gasteiger partial charge in [0.1, 0.15) is 6.04 Å². The van der Waals surface area contributed by atoms with Gasteiger partial charge in [0.05, 0.1) is 37.5 Å². The molecule has 46 heavy (non-hydrogen) atoms. The molecule has 0 saturated carbocycles. The summed E-state index contributed by atoms with van der Waals surface area (Å²) in [4.78, 5) is 40.4. The number of methoxy groups -OCH3 is 3. The third-order valence-corrected chi connectivity index (χ3v) is 10.3. The van der Waals surface area contributed by atoms with Crippen molar-refractivity contribution < 1.29 is 37.0 Å². The van der Waals surface area contributed by atoms with E-state index in [0.717, 1.165) is 5.56 Å². The number of sulfone groups is 1. The first-order valence-corrected chi connectivity index (χ1v) is 16.3. The Morgan fingerprint density at radius 3 is 2.30 bits per heavy atom. The van der Waals surface area contributed by atoms with Crippen LogP contribution in [0.25, 0.3) is 0 Å². The molecule has 0 bridgehead atoms. The summed E-state index contributed by atoms with van der Waals surface area (Å²) in [5, 5.41) is 5.19. The van der Waals surface area contributed by atoms with Crippen molar-refractivity contribution in [3.8, 4) is 11.5 Å². The lowest BCUT2D eigenvalue weighted by atomic mass is 10.00. The lowest BCUT2D eigenvalue weighted by Crippen LogP contribution is -2.38. The maximum atomic E-state index is 14.7. The predicted octanol–water partition coefficient (Wildman–Crippen LogP) is 4.99. The average molecular weight is 653 g/mol. The molecule has 4 N–H and O–H groups in total. The molecule has 3 aromatic rings. The summed E-state index contributed by atoms with van der Waals surface area (Å²) in [7, 11) is 0.463. The topological polar surface area (TPSA) is 166 Å². The van der Waals surface area contributed by atoms with E-state index in [2.05, 4.69) is 10.6 Å². The van der Waals surface area contributed by atoms with Gasteiger partial charge in [-0.15, -0.1) is 0 Å². The van der Waals surface area contributed by atoms with Crippen LogP contribution in [-0.4, -0.2) is 64.3 Å².